The SMILES string of the molecule is CCCCCCOc1ccc(CCN)cc1F. The van der Waals surface area contributed by atoms with E-state index in [4.69, 9.17) is 10.5 Å². The third-order valence-electron chi connectivity index (χ3n) is 2.68. The summed E-state index contributed by atoms with van der Waals surface area (Å²) >= 11 is 0. The van der Waals surface area contributed by atoms with Crippen LogP contribution in [-0.2, 0) is 6.42 Å². The van der Waals surface area contributed by atoms with E-state index in [0.717, 1.165) is 18.4 Å². The molecule has 0 aliphatic heterocycles. The molecule has 0 aliphatic carbocycles. The second kappa shape index (κ2) is 8.07. The highest BCUT2D eigenvalue weighted by atomic mass is 19.1. The summed E-state index contributed by atoms with van der Waals surface area (Å²) in [5, 5.41) is 0. The lowest BCUT2D eigenvalue weighted by Gasteiger charge is -2.08. The van der Waals surface area contributed by atoms with Crippen molar-refractivity contribution in [1.29, 1.82) is 0 Å². The monoisotopic (exact) mass is 239 g/mol. The van der Waals surface area contributed by atoms with Gasteiger partial charge in [0, 0.05) is 0 Å². The summed E-state index contributed by atoms with van der Waals surface area (Å²) in [5.41, 5.74) is 6.34. The van der Waals surface area contributed by atoms with E-state index in [9.17, 15) is 4.39 Å². The number of rotatable bonds is 8. The van der Waals surface area contributed by atoms with Crippen molar-refractivity contribution in [1.82, 2.24) is 0 Å². The molecule has 2 N–H and O–H groups in total. The molecular formula is C14H22FNO. The van der Waals surface area contributed by atoms with Gasteiger partial charge in [-0.3, -0.25) is 0 Å². The second-order valence-corrected chi connectivity index (χ2v) is 4.21. The third-order valence-corrected chi connectivity index (χ3v) is 2.68. The Kier molecular flexibility index (Phi) is 6.63. The lowest BCUT2D eigenvalue weighted by Crippen LogP contribution is -2.04. The fraction of sp³-hybridized carbons (Fsp3) is 0.571. The van der Waals surface area contributed by atoms with Crippen LogP contribution in [0.5, 0.6) is 5.75 Å². The fourth-order valence-electron chi connectivity index (χ4n) is 1.69. The van der Waals surface area contributed by atoms with Crippen molar-refractivity contribution in [2.75, 3.05) is 13.2 Å². The van der Waals surface area contributed by atoms with Crippen LogP contribution in [0, 0.1) is 5.82 Å². The molecule has 0 heterocycles. The standard InChI is InChI=1S/C14H22FNO/c1-2-3-4-5-10-17-14-7-6-12(8-9-16)11-13(14)15/h6-7,11H,2-5,8-10,16H2,1H3. The van der Waals surface area contributed by atoms with Gasteiger partial charge in [-0.05, 0) is 37.1 Å². The van der Waals surface area contributed by atoms with Crippen molar-refractivity contribution in [3.8, 4) is 5.75 Å². The van der Waals surface area contributed by atoms with Crippen LogP contribution in [-0.4, -0.2) is 13.2 Å². The van der Waals surface area contributed by atoms with Crippen LogP contribution in [0.2, 0.25) is 0 Å². The summed E-state index contributed by atoms with van der Waals surface area (Å²) < 4.78 is 19.0. The van der Waals surface area contributed by atoms with Crippen molar-refractivity contribution in [2.45, 2.75) is 39.0 Å². The number of nitrogens with two attached hydrogens (primary N) is 1. The highest BCUT2D eigenvalue weighted by Crippen LogP contribution is 2.19. The fourth-order valence-corrected chi connectivity index (χ4v) is 1.69. The minimum atomic E-state index is -0.286. The molecule has 0 saturated heterocycles. The Bertz CT molecular complexity index is 328. The van der Waals surface area contributed by atoms with Crippen LogP contribution in [0.4, 0.5) is 4.39 Å². The molecule has 0 spiro atoms. The summed E-state index contributed by atoms with van der Waals surface area (Å²) in [4.78, 5) is 0. The number of hydrogen-bond donors (Lipinski definition) is 1. The molecule has 1 aromatic rings. The van der Waals surface area contributed by atoms with Gasteiger partial charge in [0.2, 0.25) is 0 Å². The van der Waals surface area contributed by atoms with E-state index >= 15 is 0 Å². The maximum Gasteiger partial charge on any atom is 0.165 e. The molecule has 0 radical (unpaired) electrons. The molecule has 0 atom stereocenters. The molecule has 0 unspecified atom stereocenters. The van der Waals surface area contributed by atoms with Gasteiger partial charge in [0.25, 0.3) is 0 Å². The molecule has 2 nitrogen and oxygen atoms in total. The summed E-state index contributed by atoms with van der Waals surface area (Å²) in [5.74, 6) is 0.0636. The Morgan fingerprint density at radius 1 is 1.24 bits per heavy atom. The van der Waals surface area contributed by atoms with Gasteiger partial charge in [0.05, 0.1) is 6.61 Å². The summed E-state index contributed by atoms with van der Waals surface area (Å²) in [7, 11) is 0. The van der Waals surface area contributed by atoms with Gasteiger partial charge in [0.15, 0.2) is 11.6 Å². The molecule has 0 amide bonds. The lowest BCUT2D eigenvalue weighted by molar-refractivity contribution is 0.290. The Balaban J connectivity index is 2.38. The van der Waals surface area contributed by atoms with Crippen molar-refractivity contribution >= 4 is 0 Å². The number of halogens is 1. The van der Waals surface area contributed by atoms with E-state index < -0.39 is 0 Å². The van der Waals surface area contributed by atoms with Crippen molar-refractivity contribution in [3.63, 3.8) is 0 Å². The molecule has 0 bridgehead atoms. The maximum atomic E-state index is 13.6. The molecule has 1 aromatic carbocycles. The smallest absolute Gasteiger partial charge is 0.165 e. The van der Waals surface area contributed by atoms with E-state index in [1.807, 2.05) is 6.07 Å². The second-order valence-electron chi connectivity index (χ2n) is 4.21. The number of hydrogen-bond acceptors (Lipinski definition) is 2. The minimum absolute atomic E-state index is 0.286. The van der Waals surface area contributed by atoms with Crippen LogP contribution < -0.4 is 10.5 Å². The molecular weight excluding hydrogens is 217 g/mol. The molecule has 1 rings (SSSR count). The third kappa shape index (κ3) is 5.18. The molecule has 3 heteroatoms. The first kappa shape index (κ1) is 14.0. The topological polar surface area (TPSA) is 35.2 Å². The van der Waals surface area contributed by atoms with Gasteiger partial charge in [-0.15, -0.1) is 0 Å². The first-order valence-corrected chi connectivity index (χ1v) is 6.39. The first-order valence-electron chi connectivity index (χ1n) is 6.39. The Morgan fingerprint density at radius 2 is 2.06 bits per heavy atom. The largest absolute Gasteiger partial charge is 0.491 e. The zero-order valence-electron chi connectivity index (χ0n) is 10.5. The van der Waals surface area contributed by atoms with Crippen LogP contribution in [0.25, 0.3) is 0 Å². The molecule has 0 aliphatic rings. The van der Waals surface area contributed by atoms with E-state index in [-0.39, 0.29) is 5.82 Å². The van der Waals surface area contributed by atoms with Gasteiger partial charge < -0.3 is 10.5 Å². The maximum absolute atomic E-state index is 13.6. The van der Waals surface area contributed by atoms with Crippen LogP contribution in [0.15, 0.2) is 18.2 Å². The highest BCUT2D eigenvalue weighted by Gasteiger charge is 2.04. The first-order chi connectivity index (χ1) is 8.27. The molecule has 0 fully saturated rings. The number of unbranched alkanes of at least 4 members (excludes halogenated alkanes) is 3. The van der Waals surface area contributed by atoms with Crippen molar-refractivity contribution in [3.05, 3.63) is 29.6 Å². The number of benzene rings is 1. The Hall–Kier alpha value is -1.09. The normalized spacial score (nSPS) is 10.5. The van der Waals surface area contributed by atoms with Crippen LogP contribution in [0.1, 0.15) is 38.2 Å². The molecule has 0 aromatic heterocycles. The number of ether oxygens (including phenoxy) is 1. The van der Waals surface area contributed by atoms with E-state index in [1.165, 1.54) is 18.9 Å². The Labute approximate surface area is 103 Å². The van der Waals surface area contributed by atoms with Gasteiger partial charge >= 0.3 is 0 Å². The van der Waals surface area contributed by atoms with Crippen LogP contribution >= 0.6 is 0 Å². The van der Waals surface area contributed by atoms with Gasteiger partial charge in [0.1, 0.15) is 0 Å². The molecule has 96 valence electrons. The summed E-state index contributed by atoms with van der Waals surface area (Å²) in [6.07, 6.45) is 5.23. The Morgan fingerprint density at radius 3 is 2.71 bits per heavy atom. The predicted molar refractivity (Wildman–Crippen MR) is 68.8 cm³/mol. The zero-order valence-corrected chi connectivity index (χ0v) is 10.5. The van der Waals surface area contributed by atoms with E-state index in [0.29, 0.717) is 25.3 Å². The van der Waals surface area contributed by atoms with E-state index in [1.54, 1.807) is 6.07 Å². The summed E-state index contributed by atoms with van der Waals surface area (Å²) in [6, 6.07) is 5.08. The van der Waals surface area contributed by atoms with Crippen LogP contribution in [0.3, 0.4) is 0 Å². The van der Waals surface area contributed by atoms with Crippen molar-refractivity contribution in [2.24, 2.45) is 5.73 Å². The molecule has 17 heavy (non-hydrogen) atoms. The summed E-state index contributed by atoms with van der Waals surface area (Å²) in [6.45, 7) is 3.29. The average molecular weight is 239 g/mol. The zero-order chi connectivity index (χ0) is 12.5. The average Bonchev–Trinajstić information content (AvgIpc) is 2.32. The molecule has 0 saturated carbocycles. The van der Waals surface area contributed by atoms with Gasteiger partial charge in [-0.1, -0.05) is 32.3 Å². The highest BCUT2D eigenvalue weighted by molar-refractivity contribution is 5.29. The van der Waals surface area contributed by atoms with E-state index in [2.05, 4.69) is 6.92 Å². The van der Waals surface area contributed by atoms with Gasteiger partial charge in [-0.25, -0.2) is 4.39 Å². The predicted octanol–water partition coefficient (Wildman–Crippen LogP) is 3.29. The van der Waals surface area contributed by atoms with Crippen molar-refractivity contribution < 1.29 is 9.13 Å². The lowest BCUT2D eigenvalue weighted by atomic mass is 10.1. The van der Waals surface area contributed by atoms with Gasteiger partial charge in [-0.2, -0.15) is 0 Å². The minimum Gasteiger partial charge on any atom is -0.491 e. The quantitative estimate of drug-likeness (QED) is 0.706.